The normalized spacial score (nSPS) is 12.6. The Morgan fingerprint density at radius 1 is 0.968 bits per heavy atom. The summed E-state index contributed by atoms with van der Waals surface area (Å²) < 4.78 is 10.7. The molecule has 1 heterocycles. The Hall–Kier alpha value is -3.53. The Morgan fingerprint density at radius 2 is 1.58 bits per heavy atom. The lowest BCUT2D eigenvalue weighted by Gasteiger charge is -2.27. The summed E-state index contributed by atoms with van der Waals surface area (Å²) in [4.78, 5) is 38.1. The van der Waals surface area contributed by atoms with Gasteiger partial charge in [0.05, 0.1) is 6.54 Å². The molecule has 0 atom stereocenters. The fraction of sp³-hybridized carbons (Fsp3) is 0.375. The zero-order valence-electron chi connectivity index (χ0n) is 18.6. The molecule has 0 saturated heterocycles. The number of hydrogen-bond donors (Lipinski definition) is 1. The minimum Gasteiger partial charge on any atom is -0.443 e. The SMILES string of the molecule is CC(C)(C)OC(=O)N(CC#Cc1ccc2c3c(cccc13)NC2=O)C(=O)OC(C)(C)C. The van der Waals surface area contributed by atoms with Gasteiger partial charge in [0.1, 0.15) is 11.2 Å². The maximum atomic E-state index is 12.6. The highest BCUT2D eigenvalue weighted by Gasteiger charge is 2.30. The van der Waals surface area contributed by atoms with E-state index in [0.717, 1.165) is 21.4 Å². The van der Waals surface area contributed by atoms with Crippen LogP contribution in [0.1, 0.15) is 57.5 Å². The smallest absolute Gasteiger partial charge is 0.420 e. The van der Waals surface area contributed by atoms with Crippen LogP contribution in [0.4, 0.5) is 15.3 Å². The van der Waals surface area contributed by atoms with E-state index in [2.05, 4.69) is 17.2 Å². The summed E-state index contributed by atoms with van der Waals surface area (Å²) in [6.45, 7) is 10.1. The van der Waals surface area contributed by atoms with Gasteiger partial charge in [-0.2, -0.15) is 0 Å². The topological polar surface area (TPSA) is 84.9 Å². The molecule has 0 fully saturated rings. The summed E-state index contributed by atoms with van der Waals surface area (Å²) >= 11 is 0. The number of amides is 3. The van der Waals surface area contributed by atoms with Crippen molar-refractivity contribution < 1.29 is 23.9 Å². The van der Waals surface area contributed by atoms with Gasteiger partial charge < -0.3 is 14.8 Å². The number of carbonyl (C=O) groups excluding carboxylic acids is 3. The van der Waals surface area contributed by atoms with E-state index in [0.29, 0.717) is 11.1 Å². The Bertz CT molecular complexity index is 1100. The summed E-state index contributed by atoms with van der Waals surface area (Å²) in [5, 5.41) is 4.46. The van der Waals surface area contributed by atoms with Crippen LogP contribution in [0.25, 0.3) is 10.8 Å². The highest BCUT2D eigenvalue weighted by molar-refractivity contribution is 6.24. The summed E-state index contributed by atoms with van der Waals surface area (Å²) in [5.74, 6) is 5.72. The molecule has 2 aromatic carbocycles. The third kappa shape index (κ3) is 5.15. The van der Waals surface area contributed by atoms with Crippen molar-refractivity contribution in [3.05, 3.63) is 41.5 Å². The molecule has 7 heteroatoms. The number of benzene rings is 2. The minimum atomic E-state index is -0.828. The van der Waals surface area contributed by atoms with E-state index in [9.17, 15) is 14.4 Å². The average molecular weight is 422 g/mol. The molecule has 3 amide bonds. The lowest BCUT2D eigenvalue weighted by atomic mass is 10.0. The lowest BCUT2D eigenvalue weighted by molar-refractivity contribution is 0.00410. The standard InChI is InChI=1S/C24H26N2O5/c1-23(2,3)30-21(28)26(22(29)31-24(4,5)6)14-8-9-15-12-13-17-19-16(15)10-7-11-18(19)25-20(17)27/h7,10-13H,14H2,1-6H3,(H,25,27). The Morgan fingerprint density at radius 3 is 2.16 bits per heavy atom. The Labute approximate surface area is 181 Å². The van der Waals surface area contributed by atoms with Crippen molar-refractivity contribution >= 4 is 34.6 Å². The van der Waals surface area contributed by atoms with Crippen LogP contribution in [-0.2, 0) is 9.47 Å². The quantitative estimate of drug-likeness (QED) is 0.659. The number of carbonyl (C=O) groups is 3. The first kappa shape index (κ1) is 22.2. The van der Waals surface area contributed by atoms with E-state index in [1.165, 1.54) is 0 Å². The van der Waals surface area contributed by atoms with Crippen molar-refractivity contribution in [2.45, 2.75) is 52.7 Å². The first-order chi connectivity index (χ1) is 14.4. The number of nitrogens with one attached hydrogen (secondary N) is 1. The molecule has 1 N–H and O–H groups in total. The van der Waals surface area contributed by atoms with Gasteiger partial charge in [-0.1, -0.05) is 24.0 Å². The molecule has 0 aromatic heterocycles. The molecule has 0 spiro atoms. The van der Waals surface area contributed by atoms with Gasteiger partial charge in [0.25, 0.3) is 5.91 Å². The zero-order chi connectivity index (χ0) is 23.0. The zero-order valence-corrected chi connectivity index (χ0v) is 18.6. The fourth-order valence-electron chi connectivity index (χ4n) is 3.05. The average Bonchev–Trinajstić information content (AvgIpc) is 2.94. The number of imide groups is 1. The lowest BCUT2D eigenvalue weighted by Crippen LogP contribution is -2.43. The van der Waals surface area contributed by atoms with Crippen LogP contribution in [0.2, 0.25) is 0 Å². The predicted molar refractivity (Wildman–Crippen MR) is 118 cm³/mol. The molecule has 31 heavy (non-hydrogen) atoms. The number of nitrogens with zero attached hydrogens (tertiary/aromatic N) is 1. The number of anilines is 1. The van der Waals surface area contributed by atoms with Crippen LogP contribution in [0.15, 0.2) is 30.3 Å². The molecule has 0 unspecified atom stereocenters. The van der Waals surface area contributed by atoms with Crippen LogP contribution < -0.4 is 5.32 Å². The maximum Gasteiger partial charge on any atom is 0.420 e. The van der Waals surface area contributed by atoms with Gasteiger partial charge in [0.15, 0.2) is 0 Å². The molecular formula is C24H26N2O5. The van der Waals surface area contributed by atoms with E-state index >= 15 is 0 Å². The van der Waals surface area contributed by atoms with Gasteiger partial charge in [-0.05, 0) is 59.7 Å². The molecule has 2 aromatic rings. The highest BCUT2D eigenvalue weighted by Crippen LogP contribution is 2.34. The van der Waals surface area contributed by atoms with Crippen LogP contribution >= 0.6 is 0 Å². The molecule has 7 nitrogen and oxygen atoms in total. The van der Waals surface area contributed by atoms with Crippen molar-refractivity contribution in [1.29, 1.82) is 0 Å². The first-order valence-corrected chi connectivity index (χ1v) is 9.95. The van der Waals surface area contributed by atoms with E-state index in [-0.39, 0.29) is 12.5 Å². The van der Waals surface area contributed by atoms with E-state index in [1.807, 2.05) is 18.2 Å². The molecule has 3 rings (SSSR count). The molecule has 1 aliphatic heterocycles. The molecular weight excluding hydrogens is 396 g/mol. The molecule has 0 saturated carbocycles. The molecule has 0 aliphatic carbocycles. The van der Waals surface area contributed by atoms with Crippen molar-refractivity contribution in [1.82, 2.24) is 4.90 Å². The third-order valence-electron chi connectivity index (χ3n) is 4.22. The van der Waals surface area contributed by atoms with Gasteiger partial charge in [-0.3, -0.25) is 4.79 Å². The van der Waals surface area contributed by atoms with Crippen LogP contribution in [0, 0.1) is 11.8 Å². The number of ether oxygens (including phenoxy) is 2. The molecule has 162 valence electrons. The van der Waals surface area contributed by atoms with Gasteiger partial charge in [-0.25, -0.2) is 14.5 Å². The fourth-order valence-corrected chi connectivity index (χ4v) is 3.05. The van der Waals surface area contributed by atoms with Crippen LogP contribution in [0.3, 0.4) is 0 Å². The minimum absolute atomic E-state index is 0.147. The summed E-state index contributed by atoms with van der Waals surface area (Å²) in [5.41, 5.74) is 0.472. The second kappa shape index (κ2) is 7.95. The van der Waals surface area contributed by atoms with Crippen molar-refractivity contribution in [2.24, 2.45) is 0 Å². The molecule has 0 radical (unpaired) electrons. The monoisotopic (exact) mass is 422 g/mol. The van der Waals surface area contributed by atoms with Gasteiger partial charge in [-0.15, -0.1) is 0 Å². The van der Waals surface area contributed by atoms with Crippen LogP contribution in [-0.4, -0.2) is 40.7 Å². The Kier molecular flexibility index (Phi) is 5.68. The second-order valence-electron chi connectivity index (χ2n) is 9.19. The van der Waals surface area contributed by atoms with Crippen molar-refractivity contribution in [3.63, 3.8) is 0 Å². The van der Waals surface area contributed by atoms with Crippen molar-refractivity contribution in [2.75, 3.05) is 11.9 Å². The van der Waals surface area contributed by atoms with E-state index < -0.39 is 23.4 Å². The molecule has 1 aliphatic rings. The Balaban J connectivity index is 1.90. The largest absolute Gasteiger partial charge is 0.443 e. The molecule has 0 bridgehead atoms. The summed E-state index contributed by atoms with van der Waals surface area (Å²) in [7, 11) is 0. The number of hydrogen-bond acceptors (Lipinski definition) is 5. The van der Waals surface area contributed by atoms with E-state index in [4.69, 9.17) is 9.47 Å². The third-order valence-corrected chi connectivity index (χ3v) is 4.22. The van der Waals surface area contributed by atoms with Crippen molar-refractivity contribution in [3.8, 4) is 11.8 Å². The van der Waals surface area contributed by atoms with Crippen LogP contribution in [0.5, 0.6) is 0 Å². The number of rotatable bonds is 1. The predicted octanol–water partition coefficient (Wildman–Crippen LogP) is 4.93. The maximum absolute atomic E-state index is 12.6. The first-order valence-electron chi connectivity index (χ1n) is 9.95. The summed E-state index contributed by atoms with van der Waals surface area (Å²) in [6, 6.07) is 9.03. The van der Waals surface area contributed by atoms with Gasteiger partial charge in [0, 0.05) is 27.6 Å². The summed E-state index contributed by atoms with van der Waals surface area (Å²) in [6.07, 6.45) is -1.66. The van der Waals surface area contributed by atoms with Gasteiger partial charge >= 0.3 is 12.2 Å². The van der Waals surface area contributed by atoms with E-state index in [1.54, 1.807) is 53.7 Å². The second-order valence-corrected chi connectivity index (χ2v) is 9.19. The highest BCUT2D eigenvalue weighted by atomic mass is 16.6. The van der Waals surface area contributed by atoms with Gasteiger partial charge in [0.2, 0.25) is 0 Å².